The van der Waals surface area contributed by atoms with Gasteiger partial charge in [-0.25, -0.2) is 4.39 Å². The molecular weight excluding hydrogens is 359 g/mol. The molecule has 2 aromatic rings. The van der Waals surface area contributed by atoms with Crippen LogP contribution in [0.5, 0.6) is 0 Å². The minimum Gasteiger partial charge on any atom is -0.468 e. The number of fused-ring (bicyclic) bond motifs is 1. The fourth-order valence-corrected chi connectivity index (χ4v) is 3.25. The van der Waals surface area contributed by atoms with Crippen LogP contribution in [-0.4, -0.2) is 36.5 Å². The van der Waals surface area contributed by atoms with E-state index in [1.165, 1.54) is 25.3 Å². The average molecular weight is 377 g/mol. The van der Waals surface area contributed by atoms with Gasteiger partial charge in [-0.05, 0) is 35.7 Å². The fraction of sp³-hybridized carbons (Fsp3) is 0.263. The quantitative estimate of drug-likeness (QED) is 0.833. The van der Waals surface area contributed by atoms with Gasteiger partial charge in [-0.15, -0.1) is 0 Å². The van der Waals surface area contributed by atoms with Crippen LogP contribution in [-0.2, 0) is 27.3 Å². The summed E-state index contributed by atoms with van der Waals surface area (Å²) in [4.78, 5) is 26.3. The third-order valence-corrected chi connectivity index (χ3v) is 4.66. The van der Waals surface area contributed by atoms with Gasteiger partial charge in [-0.2, -0.15) is 0 Å². The molecule has 1 amide bonds. The van der Waals surface area contributed by atoms with Gasteiger partial charge in [-0.3, -0.25) is 14.5 Å². The maximum atomic E-state index is 13.2. The third-order valence-electron chi connectivity index (χ3n) is 4.37. The molecule has 0 unspecified atom stereocenters. The number of nitrogens with zero attached hydrogens (tertiary/aromatic N) is 1. The minimum atomic E-state index is -0.553. The molecule has 0 saturated heterocycles. The molecule has 136 valence electrons. The molecule has 0 aromatic heterocycles. The molecule has 1 aliphatic heterocycles. The summed E-state index contributed by atoms with van der Waals surface area (Å²) in [5.74, 6) is -1.25. The Kier molecular flexibility index (Phi) is 5.54. The van der Waals surface area contributed by atoms with Crippen LogP contribution in [0, 0.1) is 5.82 Å². The van der Waals surface area contributed by atoms with Crippen LogP contribution in [0.15, 0.2) is 42.5 Å². The molecule has 1 heterocycles. The van der Waals surface area contributed by atoms with Crippen LogP contribution >= 0.6 is 11.6 Å². The van der Waals surface area contributed by atoms with E-state index in [0.717, 1.165) is 11.1 Å². The molecule has 0 radical (unpaired) electrons. The Hall–Kier alpha value is -2.44. The second kappa shape index (κ2) is 7.85. The second-order valence-electron chi connectivity index (χ2n) is 6.09. The summed E-state index contributed by atoms with van der Waals surface area (Å²) in [7, 11) is 1.33. The van der Waals surface area contributed by atoms with Crippen molar-refractivity contribution in [1.82, 2.24) is 4.90 Å². The molecule has 2 aromatic carbocycles. The van der Waals surface area contributed by atoms with E-state index >= 15 is 0 Å². The molecule has 0 spiro atoms. The molecule has 1 atom stereocenters. The van der Waals surface area contributed by atoms with Gasteiger partial charge in [-0.1, -0.05) is 35.9 Å². The number of rotatable bonds is 4. The summed E-state index contributed by atoms with van der Waals surface area (Å²) in [6.45, 7) is 0.469. The number of amides is 1. The van der Waals surface area contributed by atoms with Gasteiger partial charge in [0.25, 0.3) is 0 Å². The summed E-state index contributed by atoms with van der Waals surface area (Å²) in [5.41, 5.74) is 2.54. The molecule has 1 aliphatic rings. The first-order valence-corrected chi connectivity index (χ1v) is 8.49. The number of hydrogen-bond donors (Lipinski definition) is 1. The van der Waals surface area contributed by atoms with Crippen molar-refractivity contribution >= 4 is 29.2 Å². The third kappa shape index (κ3) is 4.03. The smallest absolute Gasteiger partial charge is 0.323 e. The van der Waals surface area contributed by atoms with Crippen molar-refractivity contribution in [2.75, 3.05) is 19.0 Å². The van der Waals surface area contributed by atoms with E-state index < -0.39 is 11.9 Å². The van der Waals surface area contributed by atoms with Crippen LogP contribution in [0.2, 0.25) is 5.02 Å². The lowest BCUT2D eigenvalue weighted by Gasteiger charge is -2.34. The Labute approximate surface area is 155 Å². The number of halogens is 2. The van der Waals surface area contributed by atoms with Crippen molar-refractivity contribution in [1.29, 1.82) is 0 Å². The molecule has 26 heavy (non-hydrogen) atoms. The normalized spacial score (nSPS) is 16.7. The topological polar surface area (TPSA) is 58.6 Å². The molecular formula is C19H18ClFN2O3. The molecule has 3 rings (SSSR count). The highest BCUT2D eigenvalue weighted by molar-refractivity contribution is 6.31. The van der Waals surface area contributed by atoms with Crippen molar-refractivity contribution in [2.45, 2.75) is 19.0 Å². The molecule has 0 saturated carbocycles. The molecule has 0 aliphatic carbocycles. The number of carbonyl (C=O) groups is 2. The lowest BCUT2D eigenvalue weighted by atomic mass is 9.94. The van der Waals surface area contributed by atoms with E-state index in [-0.39, 0.29) is 23.4 Å². The van der Waals surface area contributed by atoms with Crippen LogP contribution in [0.4, 0.5) is 10.1 Å². The zero-order valence-electron chi connectivity index (χ0n) is 14.2. The van der Waals surface area contributed by atoms with Crippen LogP contribution in [0.3, 0.4) is 0 Å². The van der Waals surface area contributed by atoms with E-state index in [0.29, 0.717) is 18.7 Å². The Bertz CT molecular complexity index is 843. The van der Waals surface area contributed by atoms with Gasteiger partial charge in [0, 0.05) is 12.2 Å². The van der Waals surface area contributed by atoms with Gasteiger partial charge >= 0.3 is 5.97 Å². The molecule has 0 fully saturated rings. The lowest BCUT2D eigenvalue weighted by molar-refractivity contribution is -0.148. The Morgan fingerprint density at radius 3 is 2.69 bits per heavy atom. The van der Waals surface area contributed by atoms with Gasteiger partial charge < -0.3 is 10.1 Å². The molecule has 1 N–H and O–H groups in total. The monoisotopic (exact) mass is 376 g/mol. The maximum Gasteiger partial charge on any atom is 0.323 e. The van der Waals surface area contributed by atoms with Crippen LogP contribution < -0.4 is 5.32 Å². The zero-order valence-corrected chi connectivity index (χ0v) is 14.9. The molecule has 5 nitrogen and oxygen atoms in total. The minimum absolute atomic E-state index is 0.00307. The Balaban J connectivity index is 1.74. The highest BCUT2D eigenvalue weighted by atomic mass is 35.5. The fourth-order valence-electron chi connectivity index (χ4n) is 3.07. The zero-order chi connectivity index (χ0) is 18.7. The van der Waals surface area contributed by atoms with Crippen LogP contribution in [0.25, 0.3) is 0 Å². The van der Waals surface area contributed by atoms with E-state index in [9.17, 15) is 14.0 Å². The first-order chi connectivity index (χ1) is 12.5. The predicted octanol–water partition coefficient (Wildman–Crippen LogP) is 3.02. The largest absolute Gasteiger partial charge is 0.468 e. The van der Waals surface area contributed by atoms with E-state index in [1.54, 1.807) is 4.90 Å². The average Bonchev–Trinajstić information content (AvgIpc) is 2.63. The number of ether oxygens (including phenoxy) is 1. The number of nitrogens with one attached hydrogen (secondary N) is 1. The summed E-state index contributed by atoms with van der Waals surface area (Å²) in [5, 5.41) is 2.61. The van der Waals surface area contributed by atoms with Gasteiger partial charge in [0.15, 0.2) is 0 Å². The standard InChI is InChI=1S/C19H18ClFN2O3/c1-26-19(25)17-8-12-4-2-3-5-13(12)10-23(17)11-18(24)22-14-6-7-16(21)15(20)9-14/h2-7,9,17H,8,10-11H2,1H3,(H,22,24)/t17-/m0/s1. The highest BCUT2D eigenvalue weighted by Gasteiger charge is 2.33. The van der Waals surface area contributed by atoms with E-state index in [4.69, 9.17) is 16.3 Å². The number of anilines is 1. The summed E-state index contributed by atoms with van der Waals surface area (Å²) in [6.07, 6.45) is 0.485. The van der Waals surface area contributed by atoms with Crippen molar-refractivity contribution in [3.63, 3.8) is 0 Å². The van der Waals surface area contributed by atoms with E-state index in [1.807, 2.05) is 24.3 Å². The molecule has 7 heteroatoms. The Morgan fingerprint density at radius 1 is 1.27 bits per heavy atom. The number of carbonyl (C=O) groups excluding carboxylic acids is 2. The lowest BCUT2D eigenvalue weighted by Crippen LogP contribution is -2.49. The van der Waals surface area contributed by atoms with Crippen molar-refractivity contribution in [3.05, 3.63) is 64.4 Å². The van der Waals surface area contributed by atoms with Crippen molar-refractivity contribution in [2.24, 2.45) is 0 Å². The van der Waals surface area contributed by atoms with Gasteiger partial charge in [0.1, 0.15) is 11.9 Å². The second-order valence-corrected chi connectivity index (χ2v) is 6.50. The number of hydrogen-bond acceptors (Lipinski definition) is 4. The summed E-state index contributed by atoms with van der Waals surface area (Å²) < 4.78 is 18.1. The first-order valence-electron chi connectivity index (χ1n) is 8.11. The highest BCUT2D eigenvalue weighted by Crippen LogP contribution is 2.24. The van der Waals surface area contributed by atoms with Crippen molar-refractivity contribution in [3.8, 4) is 0 Å². The summed E-state index contributed by atoms with van der Waals surface area (Å²) in [6, 6.07) is 11.2. The van der Waals surface area contributed by atoms with E-state index in [2.05, 4.69) is 5.32 Å². The van der Waals surface area contributed by atoms with Gasteiger partial charge in [0.05, 0.1) is 18.7 Å². The van der Waals surface area contributed by atoms with Gasteiger partial charge in [0.2, 0.25) is 5.91 Å². The van der Waals surface area contributed by atoms with Crippen molar-refractivity contribution < 1.29 is 18.7 Å². The Morgan fingerprint density at radius 2 is 2.00 bits per heavy atom. The van der Waals surface area contributed by atoms with Crippen LogP contribution in [0.1, 0.15) is 11.1 Å². The first kappa shape index (κ1) is 18.4. The number of esters is 1. The SMILES string of the molecule is COC(=O)[C@@H]1Cc2ccccc2CN1CC(=O)Nc1ccc(F)c(Cl)c1. The summed E-state index contributed by atoms with van der Waals surface area (Å²) >= 11 is 5.73. The predicted molar refractivity (Wildman–Crippen MR) is 96.4 cm³/mol. The number of benzene rings is 2. The maximum absolute atomic E-state index is 13.2. The number of methoxy groups -OCH3 is 1. The molecule has 0 bridgehead atoms.